The van der Waals surface area contributed by atoms with E-state index in [0.29, 0.717) is 16.4 Å². The van der Waals surface area contributed by atoms with Gasteiger partial charge in [-0.05, 0) is 36.4 Å². The summed E-state index contributed by atoms with van der Waals surface area (Å²) in [5.74, 6) is -0.372. The molecule has 0 saturated heterocycles. The number of pyridine rings is 1. The van der Waals surface area contributed by atoms with Crippen molar-refractivity contribution in [2.45, 2.75) is 0 Å². The van der Waals surface area contributed by atoms with Gasteiger partial charge in [0.05, 0.1) is 5.69 Å². The van der Waals surface area contributed by atoms with E-state index >= 15 is 0 Å². The van der Waals surface area contributed by atoms with Crippen molar-refractivity contribution in [3.05, 3.63) is 59.6 Å². The molecule has 0 amide bonds. The number of nitrogens with one attached hydrogen (secondary N) is 1. The fraction of sp³-hybridized carbons (Fsp3) is 0. The van der Waals surface area contributed by atoms with Gasteiger partial charge >= 0.3 is 0 Å². The van der Waals surface area contributed by atoms with Gasteiger partial charge in [0.2, 0.25) is 0 Å². The highest BCUT2D eigenvalue weighted by Crippen LogP contribution is 2.31. The molecule has 0 fully saturated rings. The van der Waals surface area contributed by atoms with E-state index in [2.05, 4.69) is 10.3 Å². The first kappa shape index (κ1) is 12.7. The summed E-state index contributed by atoms with van der Waals surface area (Å²) in [6.45, 7) is 0. The highest BCUT2D eigenvalue weighted by molar-refractivity contribution is 6.30. The lowest BCUT2D eigenvalue weighted by Crippen LogP contribution is -1.96. The molecule has 0 aliphatic carbocycles. The summed E-state index contributed by atoms with van der Waals surface area (Å²) in [6, 6.07) is 9.75. The highest BCUT2D eigenvalue weighted by Gasteiger charge is 2.07. The van der Waals surface area contributed by atoms with E-state index in [-0.39, 0.29) is 5.82 Å². The molecular formula is C15H11ClFN3. The Labute approximate surface area is 120 Å². The van der Waals surface area contributed by atoms with Crippen LogP contribution in [0.4, 0.5) is 21.5 Å². The minimum Gasteiger partial charge on any atom is -0.398 e. The van der Waals surface area contributed by atoms with E-state index in [1.165, 1.54) is 18.2 Å². The predicted molar refractivity (Wildman–Crippen MR) is 80.8 cm³/mol. The molecule has 0 aliphatic heterocycles. The predicted octanol–water partition coefficient (Wildman–Crippen LogP) is 4.35. The van der Waals surface area contributed by atoms with Gasteiger partial charge < -0.3 is 11.1 Å². The molecule has 0 saturated carbocycles. The number of nitrogens with zero attached hydrogens (tertiary/aromatic N) is 1. The van der Waals surface area contributed by atoms with Crippen molar-refractivity contribution in [2.75, 3.05) is 11.1 Å². The number of anilines is 3. The Morgan fingerprint density at radius 3 is 2.75 bits per heavy atom. The SMILES string of the molecule is Nc1ccc(Nc2cc(Cl)ccc2F)c2cnccc12. The Balaban J connectivity index is 2.11. The number of fused-ring (bicyclic) bond motifs is 1. The van der Waals surface area contributed by atoms with Gasteiger partial charge in [0.1, 0.15) is 5.82 Å². The molecule has 20 heavy (non-hydrogen) atoms. The molecular weight excluding hydrogens is 277 g/mol. The van der Waals surface area contributed by atoms with Crippen molar-refractivity contribution >= 4 is 39.4 Å². The van der Waals surface area contributed by atoms with Crippen molar-refractivity contribution in [2.24, 2.45) is 0 Å². The molecule has 3 rings (SSSR count). The molecule has 1 heterocycles. The summed E-state index contributed by atoms with van der Waals surface area (Å²) in [5, 5.41) is 5.19. The first-order chi connectivity index (χ1) is 9.65. The largest absolute Gasteiger partial charge is 0.398 e. The summed E-state index contributed by atoms with van der Waals surface area (Å²) in [5.41, 5.74) is 7.61. The Morgan fingerprint density at radius 1 is 1.05 bits per heavy atom. The minimum absolute atomic E-state index is 0.312. The van der Waals surface area contributed by atoms with Crippen molar-refractivity contribution in [1.82, 2.24) is 4.98 Å². The van der Waals surface area contributed by atoms with E-state index in [4.69, 9.17) is 17.3 Å². The summed E-state index contributed by atoms with van der Waals surface area (Å²) >= 11 is 5.89. The molecule has 0 radical (unpaired) electrons. The lowest BCUT2D eigenvalue weighted by atomic mass is 10.1. The monoisotopic (exact) mass is 287 g/mol. The summed E-state index contributed by atoms with van der Waals surface area (Å²) in [7, 11) is 0. The number of hydrogen-bond donors (Lipinski definition) is 2. The van der Waals surface area contributed by atoms with Gasteiger partial charge in [-0.1, -0.05) is 11.6 Å². The fourth-order valence-corrected chi connectivity index (χ4v) is 2.23. The van der Waals surface area contributed by atoms with E-state index < -0.39 is 0 Å². The lowest BCUT2D eigenvalue weighted by molar-refractivity contribution is 0.632. The van der Waals surface area contributed by atoms with Crippen molar-refractivity contribution in [1.29, 1.82) is 0 Å². The number of aromatic nitrogens is 1. The molecule has 5 heteroatoms. The summed E-state index contributed by atoms with van der Waals surface area (Å²) in [4.78, 5) is 4.08. The third-order valence-corrected chi connectivity index (χ3v) is 3.28. The van der Waals surface area contributed by atoms with Gasteiger partial charge in [-0.15, -0.1) is 0 Å². The van der Waals surface area contributed by atoms with E-state index in [9.17, 15) is 4.39 Å². The van der Waals surface area contributed by atoms with Gasteiger partial charge in [0, 0.05) is 39.6 Å². The molecule has 1 aromatic heterocycles. The number of hydrogen-bond acceptors (Lipinski definition) is 3. The zero-order valence-electron chi connectivity index (χ0n) is 10.4. The molecule has 0 unspecified atom stereocenters. The molecule has 0 spiro atoms. The fourth-order valence-electron chi connectivity index (χ4n) is 2.06. The van der Waals surface area contributed by atoms with Gasteiger partial charge in [-0.25, -0.2) is 4.39 Å². The maximum Gasteiger partial charge on any atom is 0.146 e. The number of rotatable bonds is 2. The van der Waals surface area contributed by atoms with Crippen LogP contribution in [0.2, 0.25) is 5.02 Å². The third-order valence-electron chi connectivity index (χ3n) is 3.05. The molecule has 2 aromatic carbocycles. The van der Waals surface area contributed by atoms with Crippen LogP contribution in [0.25, 0.3) is 10.8 Å². The van der Waals surface area contributed by atoms with Crippen LogP contribution >= 0.6 is 11.6 Å². The first-order valence-electron chi connectivity index (χ1n) is 5.99. The Bertz CT molecular complexity index is 789. The Kier molecular flexibility index (Phi) is 3.16. The van der Waals surface area contributed by atoms with Crippen LogP contribution < -0.4 is 11.1 Å². The maximum absolute atomic E-state index is 13.8. The molecule has 3 aromatic rings. The van der Waals surface area contributed by atoms with E-state index in [1.54, 1.807) is 24.5 Å². The van der Waals surface area contributed by atoms with Crippen molar-refractivity contribution in [3.63, 3.8) is 0 Å². The van der Waals surface area contributed by atoms with Crippen LogP contribution in [0.1, 0.15) is 0 Å². The lowest BCUT2D eigenvalue weighted by Gasteiger charge is -2.12. The third kappa shape index (κ3) is 2.26. The van der Waals surface area contributed by atoms with E-state index in [0.717, 1.165) is 16.5 Å². The maximum atomic E-state index is 13.8. The van der Waals surface area contributed by atoms with Gasteiger partial charge in [0.15, 0.2) is 0 Å². The molecule has 3 N–H and O–H groups in total. The van der Waals surface area contributed by atoms with Crippen LogP contribution in [0, 0.1) is 5.82 Å². The van der Waals surface area contributed by atoms with Crippen LogP contribution in [0.5, 0.6) is 0 Å². The smallest absolute Gasteiger partial charge is 0.146 e. The summed E-state index contributed by atoms with van der Waals surface area (Å²) in [6.07, 6.45) is 3.36. The normalized spacial score (nSPS) is 10.7. The van der Waals surface area contributed by atoms with Crippen LogP contribution in [0.15, 0.2) is 48.8 Å². The topological polar surface area (TPSA) is 50.9 Å². The van der Waals surface area contributed by atoms with Crippen LogP contribution in [-0.4, -0.2) is 4.98 Å². The van der Waals surface area contributed by atoms with Gasteiger partial charge in [-0.3, -0.25) is 4.98 Å². The second-order valence-corrected chi connectivity index (χ2v) is 4.81. The second-order valence-electron chi connectivity index (χ2n) is 4.37. The first-order valence-corrected chi connectivity index (χ1v) is 6.37. The molecule has 100 valence electrons. The van der Waals surface area contributed by atoms with Crippen LogP contribution in [0.3, 0.4) is 0 Å². The zero-order chi connectivity index (χ0) is 14.1. The molecule has 3 nitrogen and oxygen atoms in total. The number of nitrogen functional groups attached to an aromatic ring is 1. The zero-order valence-corrected chi connectivity index (χ0v) is 11.2. The minimum atomic E-state index is -0.372. The Hall–Kier alpha value is -2.33. The summed E-state index contributed by atoms with van der Waals surface area (Å²) < 4.78 is 13.8. The standard InChI is InChI=1S/C15H11ClFN3/c16-9-1-2-12(17)15(7-9)20-14-4-3-13(18)10-5-6-19-8-11(10)14/h1-8,20H,18H2. The molecule has 0 bridgehead atoms. The highest BCUT2D eigenvalue weighted by atomic mass is 35.5. The molecule has 0 atom stereocenters. The molecule has 0 aliphatic rings. The number of halogens is 2. The second kappa shape index (κ2) is 4.98. The average Bonchev–Trinajstić information content (AvgIpc) is 2.46. The Morgan fingerprint density at radius 2 is 1.90 bits per heavy atom. The van der Waals surface area contributed by atoms with Crippen molar-refractivity contribution < 1.29 is 4.39 Å². The van der Waals surface area contributed by atoms with Crippen molar-refractivity contribution in [3.8, 4) is 0 Å². The van der Waals surface area contributed by atoms with E-state index in [1.807, 2.05) is 6.07 Å². The van der Waals surface area contributed by atoms with Gasteiger partial charge in [-0.2, -0.15) is 0 Å². The van der Waals surface area contributed by atoms with Gasteiger partial charge in [0.25, 0.3) is 0 Å². The number of nitrogens with two attached hydrogens (primary N) is 1. The quantitative estimate of drug-likeness (QED) is 0.689. The van der Waals surface area contributed by atoms with Crippen LogP contribution in [-0.2, 0) is 0 Å². The average molecular weight is 288 g/mol. The number of benzene rings is 2.